The van der Waals surface area contributed by atoms with Gasteiger partial charge in [0.15, 0.2) is 0 Å². The highest BCUT2D eigenvalue weighted by molar-refractivity contribution is 6.04. The molecule has 0 saturated carbocycles. The van der Waals surface area contributed by atoms with E-state index in [1.807, 2.05) is 0 Å². The maximum atomic E-state index is 2.39. The molecule has 2 heterocycles. The van der Waals surface area contributed by atoms with Crippen molar-refractivity contribution in [2.24, 2.45) is 7.05 Å². The number of hydrogen-bond donors (Lipinski definition) is 0. The number of rotatable bonds is 1. The Hall–Kier alpha value is -2.42. The lowest BCUT2D eigenvalue weighted by atomic mass is 10.2. The van der Waals surface area contributed by atoms with E-state index >= 15 is 0 Å². The highest BCUT2D eigenvalue weighted by atomic mass is 15.4. The predicted octanol–water partition coefficient (Wildman–Crippen LogP) is 3.72. The fourth-order valence-electron chi connectivity index (χ4n) is 3.23. The zero-order chi connectivity index (χ0) is 13.7. The van der Waals surface area contributed by atoms with Crippen LogP contribution in [0.3, 0.4) is 0 Å². The number of para-hydroxylation sites is 2. The van der Waals surface area contributed by atoms with E-state index in [4.69, 9.17) is 0 Å². The minimum atomic E-state index is 0.896. The summed E-state index contributed by atoms with van der Waals surface area (Å²) in [7, 11) is 4.30. The molecule has 1 aliphatic heterocycles. The lowest BCUT2D eigenvalue weighted by molar-refractivity contribution is 0.878. The molecular formula is C17H17N3. The van der Waals surface area contributed by atoms with E-state index in [0.717, 1.165) is 6.67 Å². The summed E-state index contributed by atoms with van der Waals surface area (Å²) in [6, 6.07) is 19.2. The lowest BCUT2D eigenvalue weighted by Gasteiger charge is -2.20. The monoisotopic (exact) mass is 263 g/mol. The van der Waals surface area contributed by atoms with Crippen LogP contribution in [0.25, 0.3) is 10.9 Å². The van der Waals surface area contributed by atoms with Crippen molar-refractivity contribution in [1.82, 2.24) is 4.57 Å². The Bertz CT molecular complexity index is 774. The van der Waals surface area contributed by atoms with E-state index in [0.29, 0.717) is 0 Å². The van der Waals surface area contributed by atoms with Gasteiger partial charge in [-0.2, -0.15) is 0 Å². The number of aryl methyl sites for hydroxylation is 1. The Morgan fingerprint density at radius 3 is 2.35 bits per heavy atom. The molecule has 1 aromatic heterocycles. The molecule has 0 saturated heterocycles. The minimum Gasteiger partial charge on any atom is -0.341 e. The molecule has 20 heavy (non-hydrogen) atoms. The second-order valence-corrected chi connectivity index (χ2v) is 5.35. The van der Waals surface area contributed by atoms with Crippen LogP contribution in [-0.4, -0.2) is 18.3 Å². The van der Waals surface area contributed by atoms with Gasteiger partial charge in [-0.3, -0.25) is 0 Å². The average molecular weight is 263 g/mol. The van der Waals surface area contributed by atoms with E-state index in [9.17, 15) is 0 Å². The van der Waals surface area contributed by atoms with Crippen LogP contribution in [-0.2, 0) is 7.05 Å². The van der Waals surface area contributed by atoms with Crippen LogP contribution in [0.15, 0.2) is 54.6 Å². The average Bonchev–Trinajstić information content (AvgIpc) is 2.98. The number of hydrogen-bond acceptors (Lipinski definition) is 2. The summed E-state index contributed by atoms with van der Waals surface area (Å²) in [5.74, 6) is 1.29. The van der Waals surface area contributed by atoms with Crippen LogP contribution in [0.1, 0.15) is 0 Å². The molecule has 4 rings (SSSR count). The van der Waals surface area contributed by atoms with Crippen molar-refractivity contribution in [3.05, 3.63) is 54.6 Å². The van der Waals surface area contributed by atoms with Crippen LogP contribution < -0.4 is 9.80 Å². The third-order valence-corrected chi connectivity index (χ3v) is 4.10. The first-order chi connectivity index (χ1) is 9.77. The van der Waals surface area contributed by atoms with Gasteiger partial charge in [0, 0.05) is 25.2 Å². The maximum absolute atomic E-state index is 2.39. The molecule has 3 nitrogen and oxygen atoms in total. The molecule has 1 aliphatic rings. The molecule has 0 atom stereocenters. The van der Waals surface area contributed by atoms with Crippen molar-refractivity contribution in [2.75, 3.05) is 23.5 Å². The molecule has 0 bridgehead atoms. The van der Waals surface area contributed by atoms with Crippen molar-refractivity contribution in [3.8, 4) is 0 Å². The van der Waals surface area contributed by atoms with E-state index in [-0.39, 0.29) is 0 Å². The zero-order valence-corrected chi connectivity index (χ0v) is 11.7. The number of benzene rings is 2. The van der Waals surface area contributed by atoms with Gasteiger partial charge >= 0.3 is 0 Å². The maximum Gasteiger partial charge on any atom is 0.135 e. The Balaban J connectivity index is 2.01. The molecule has 2 aromatic carbocycles. The van der Waals surface area contributed by atoms with Gasteiger partial charge in [-0.05, 0) is 18.2 Å². The van der Waals surface area contributed by atoms with E-state index < -0.39 is 0 Å². The molecule has 0 amide bonds. The van der Waals surface area contributed by atoms with Crippen molar-refractivity contribution in [3.63, 3.8) is 0 Å². The topological polar surface area (TPSA) is 11.4 Å². The summed E-state index contributed by atoms with van der Waals surface area (Å²) in [5, 5.41) is 1.32. The normalized spacial score (nSPS) is 14.1. The van der Waals surface area contributed by atoms with Crippen LogP contribution in [0, 0.1) is 0 Å². The quantitative estimate of drug-likeness (QED) is 0.663. The fraction of sp³-hybridized carbons (Fsp3) is 0.176. The first-order valence-corrected chi connectivity index (χ1v) is 6.88. The summed E-state index contributed by atoms with van der Waals surface area (Å²) in [5.41, 5.74) is 3.84. The van der Waals surface area contributed by atoms with E-state index in [1.54, 1.807) is 0 Å². The first-order valence-electron chi connectivity index (χ1n) is 6.88. The smallest absolute Gasteiger partial charge is 0.135 e. The second-order valence-electron chi connectivity index (χ2n) is 5.35. The van der Waals surface area contributed by atoms with Gasteiger partial charge in [0.1, 0.15) is 5.82 Å². The van der Waals surface area contributed by atoms with Crippen LogP contribution in [0.4, 0.5) is 17.2 Å². The number of nitrogens with zero attached hydrogens (tertiary/aromatic N) is 3. The second kappa shape index (κ2) is 4.04. The van der Waals surface area contributed by atoms with Crippen molar-refractivity contribution in [1.29, 1.82) is 0 Å². The van der Waals surface area contributed by atoms with Crippen LogP contribution >= 0.6 is 0 Å². The number of anilines is 3. The van der Waals surface area contributed by atoms with Gasteiger partial charge in [0.05, 0.1) is 17.9 Å². The molecule has 3 heteroatoms. The van der Waals surface area contributed by atoms with E-state index in [1.165, 1.54) is 28.1 Å². The summed E-state index contributed by atoms with van der Waals surface area (Å²) in [6.45, 7) is 0.896. The Morgan fingerprint density at radius 1 is 0.850 bits per heavy atom. The molecule has 100 valence electrons. The molecule has 0 spiro atoms. The number of aromatic nitrogens is 1. The first kappa shape index (κ1) is 11.4. The fourth-order valence-corrected chi connectivity index (χ4v) is 3.23. The molecule has 3 aromatic rings. The highest BCUT2D eigenvalue weighted by Gasteiger charge is 2.30. The Kier molecular flexibility index (Phi) is 2.30. The largest absolute Gasteiger partial charge is 0.341 e. The van der Waals surface area contributed by atoms with Crippen molar-refractivity contribution >= 4 is 28.1 Å². The molecule has 0 N–H and O–H groups in total. The third kappa shape index (κ3) is 1.40. The lowest BCUT2D eigenvalue weighted by Crippen LogP contribution is -2.25. The molecule has 0 radical (unpaired) electrons. The Labute approximate surface area is 118 Å². The summed E-state index contributed by atoms with van der Waals surface area (Å²) >= 11 is 0. The SMILES string of the molecule is CN1CN(c2ccccc2)c2c1n(C)c1ccccc21. The van der Waals surface area contributed by atoms with Gasteiger partial charge in [-0.25, -0.2) is 0 Å². The van der Waals surface area contributed by atoms with Gasteiger partial charge in [0.2, 0.25) is 0 Å². The summed E-state index contributed by atoms with van der Waals surface area (Å²) in [6.07, 6.45) is 0. The molecular weight excluding hydrogens is 246 g/mol. The van der Waals surface area contributed by atoms with E-state index in [2.05, 4.69) is 83.1 Å². The third-order valence-electron chi connectivity index (χ3n) is 4.10. The van der Waals surface area contributed by atoms with Gasteiger partial charge < -0.3 is 14.4 Å². The van der Waals surface area contributed by atoms with Gasteiger partial charge in [-0.1, -0.05) is 36.4 Å². The summed E-state index contributed by atoms with van der Waals surface area (Å²) in [4.78, 5) is 4.69. The molecule has 0 unspecified atom stereocenters. The molecule has 0 aliphatic carbocycles. The zero-order valence-electron chi connectivity index (χ0n) is 11.7. The van der Waals surface area contributed by atoms with Crippen LogP contribution in [0.5, 0.6) is 0 Å². The van der Waals surface area contributed by atoms with Crippen molar-refractivity contribution < 1.29 is 0 Å². The standard InChI is InChI=1S/C17H17N3/c1-18-12-20(13-8-4-3-5-9-13)16-14-10-6-7-11-15(14)19(2)17(16)18/h3-11H,12H2,1-2H3. The van der Waals surface area contributed by atoms with Gasteiger partial charge in [0.25, 0.3) is 0 Å². The minimum absolute atomic E-state index is 0.896. The van der Waals surface area contributed by atoms with Gasteiger partial charge in [-0.15, -0.1) is 0 Å². The Morgan fingerprint density at radius 2 is 1.55 bits per heavy atom. The highest BCUT2D eigenvalue weighted by Crippen LogP contribution is 2.46. The number of fused-ring (bicyclic) bond motifs is 3. The predicted molar refractivity (Wildman–Crippen MR) is 84.8 cm³/mol. The van der Waals surface area contributed by atoms with Crippen molar-refractivity contribution in [2.45, 2.75) is 0 Å². The van der Waals surface area contributed by atoms with Crippen LogP contribution in [0.2, 0.25) is 0 Å². The molecule has 0 fully saturated rings. The summed E-state index contributed by atoms with van der Waals surface area (Å²) < 4.78 is 2.29.